The second-order valence-electron chi connectivity index (χ2n) is 4.28. The van der Waals surface area contributed by atoms with Crippen LogP contribution in [0.25, 0.3) is 0 Å². The van der Waals surface area contributed by atoms with Crippen LogP contribution in [0.2, 0.25) is 0 Å². The van der Waals surface area contributed by atoms with Crippen molar-refractivity contribution in [3.63, 3.8) is 0 Å². The van der Waals surface area contributed by atoms with Crippen molar-refractivity contribution in [3.05, 3.63) is 52.5 Å². The molecule has 0 saturated carbocycles. The maximum absolute atomic E-state index is 2.76. The van der Waals surface area contributed by atoms with E-state index in [2.05, 4.69) is 81.2 Å². The van der Waals surface area contributed by atoms with Gasteiger partial charge in [-0.25, -0.2) is 0 Å². The van der Waals surface area contributed by atoms with Crippen molar-refractivity contribution in [1.82, 2.24) is 0 Å². The molecule has 18 heavy (non-hydrogen) atoms. The SMILES string of the molecule is CP(I)(c1cccs1)(c1cccs1)c1cccs1. The van der Waals surface area contributed by atoms with Gasteiger partial charge in [0.15, 0.2) is 0 Å². The molecule has 0 aliphatic carbocycles. The number of halogens is 1. The molecule has 3 heterocycles. The van der Waals surface area contributed by atoms with Crippen LogP contribution in [0.3, 0.4) is 0 Å². The van der Waals surface area contributed by atoms with E-state index in [1.807, 2.05) is 34.0 Å². The molecule has 0 aliphatic rings. The Morgan fingerprint density at radius 1 is 0.778 bits per heavy atom. The van der Waals surface area contributed by atoms with E-state index in [0.717, 1.165) is 0 Å². The van der Waals surface area contributed by atoms with Gasteiger partial charge in [-0.1, -0.05) is 0 Å². The van der Waals surface area contributed by atoms with Gasteiger partial charge in [0.05, 0.1) is 0 Å². The molecule has 3 aromatic heterocycles. The molecule has 0 bridgehead atoms. The second kappa shape index (κ2) is 4.67. The van der Waals surface area contributed by atoms with Crippen LogP contribution >= 0.6 is 60.3 Å². The molecule has 0 aromatic carbocycles. The van der Waals surface area contributed by atoms with Crippen molar-refractivity contribution >= 4 is 74.2 Å². The summed E-state index contributed by atoms with van der Waals surface area (Å²) in [6.07, 6.45) is 0. The van der Waals surface area contributed by atoms with Crippen molar-refractivity contribution in [2.24, 2.45) is 0 Å². The predicted octanol–water partition coefficient (Wildman–Crippen LogP) is 4.68. The minimum absolute atomic E-state index is 1.52. The Kier molecular flexibility index (Phi) is 3.44. The van der Waals surface area contributed by atoms with Crippen molar-refractivity contribution in [2.75, 3.05) is 6.66 Å². The Morgan fingerprint density at radius 2 is 1.11 bits per heavy atom. The standard InChI is InChI=1S/C13H12IPS3/c1-15(14,11-5-2-8-16-11,12-6-3-9-17-12)13-7-4-10-18-13/h2-10H,1H3. The van der Waals surface area contributed by atoms with Crippen molar-refractivity contribution in [3.8, 4) is 0 Å². The van der Waals surface area contributed by atoms with E-state index < -0.39 is 4.25 Å². The summed E-state index contributed by atoms with van der Waals surface area (Å²) in [5, 5.41) is 6.58. The zero-order valence-corrected chi connectivity index (χ0v) is 15.2. The van der Waals surface area contributed by atoms with E-state index in [9.17, 15) is 0 Å². The number of hydrogen-bond acceptors (Lipinski definition) is 3. The van der Waals surface area contributed by atoms with Gasteiger partial charge in [-0.3, -0.25) is 0 Å². The van der Waals surface area contributed by atoms with Crippen LogP contribution in [0, 0.1) is 0 Å². The Bertz CT molecular complexity index is 533. The van der Waals surface area contributed by atoms with Crippen LogP contribution in [0.4, 0.5) is 0 Å². The summed E-state index contributed by atoms with van der Waals surface area (Å²) in [6, 6.07) is 13.4. The van der Waals surface area contributed by atoms with Gasteiger partial charge in [0, 0.05) is 0 Å². The Morgan fingerprint density at radius 3 is 1.33 bits per heavy atom. The third-order valence-corrected chi connectivity index (χ3v) is 21.4. The summed E-state index contributed by atoms with van der Waals surface area (Å²) in [5.74, 6) is 0. The third-order valence-electron chi connectivity index (χ3n) is 3.09. The van der Waals surface area contributed by atoms with Crippen LogP contribution in [-0.2, 0) is 0 Å². The molecular formula is C13H12IPS3. The molecule has 0 unspecified atom stereocenters. The number of hydrogen-bond donors (Lipinski definition) is 0. The molecule has 0 atom stereocenters. The first-order valence-corrected chi connectivity index (χ1v) is 13.6. The Labute approximate surface area is 132 Å². The van der Waals surface area contributed by atoms with Crippen LogP contribution in [0.1, 0.15) is 0 Å². The van der Waals surface area contributed by atoms with Crippen LogP contribution in [-0.4, -0.2) is 6.66 Å². The van der Waals surface area contributed by atoms with Crippen molar-refractivity contribution in [1.29, 1.82) is 0 Å². The fourth-order valence-electron chi connectivity index (χ4n) is 2.04. The summed E-state index contributed by atoms with van der Waals surface area (Å²) in [4.78, 5) is 0. The third kappa shape index (κ3) is 1.85. The van der Waals surface area contributed by atoms with E-state index >= 15 is 0 Å². The van der Waals surface area contributed by atoms with Gasteiger partial charge in [-0.15, -0.1) is 0 Å². The summed E-state index contributed by atoms with van der Waals surface area (Å²) < 4.78 is 2.37. The normalized spacial score (nSPS) is 14.2. The first-order chi connectivity index (χ1) is 8.62. The van der Waals surface area contributed by atoms with Gasteiger partial charge in [0.25, 0.3) is 0 Å². The fraction of sp³-hybridized carbons (Fsp3) is 0.0769. The predicted molar refractivity (Wildman–Crippen MR) is 98.7 cm³/mol. The van der Waals surface area contributed by atoms with Gasteiger partial charge < -0.3 is 0 Å². The summed E-state index contributed by atoms with van der Waals surface area (Å²) in [7, 11) is 0. The van der Waals surface area contributed by atoms with Gasteiger partial charge in [0.1, 0.15) is 0 Å². The van der Waals surface area contributed by atoms with E-state index in [-0.39, 0.29) is 0 Å². The molecule has 0 aliphatic heterocycles. The van der Waals surface area contributed by atoms with Crippen LogP contribution in [0.15, 0.2) is 52.5 Å². The van der Waals surface area contributed by atoms with Gasteiger partial charge in [0.2, 0.25) is 0 Å². The summed E-state index contributed by atoms with van der Waals surface area (Å²) in [6.45, 7) is 2.47. The quantitative estimate of drug-likeness (QED) is 0.425. The molecule has 3 aromatic rings. The molecule has 3 rings (SSSR count). The van der Waals surface area contributed by atoms with Crippen LogP contribution in [0.5, 0.6) is 0 Å². The Hall–Kier alpha value is 0.260. The summed E-state index contributed by atoms with van der Waals surface area (Å²) in [5.41, 5.74) is 0. The molecule has 0 fully saturated rings. The number of thiophene rings is 3. The number of rotatable bonds is 3. The monoisotopic (exact) mass is 422 g/mol. The van der Waals surface area contributed by atoms with E-state index in [1.165, 1.54) is 13.9 Å². The fourth-order valence-corrected chi connectivity index (χ4v) is 15.7. The molecule has 0 nitrogen and oxygen atoms in total. The molecule has 0 amide bonds. The average molecular weight is 422 g/mol. The van der Waals surface area contributed by atoms with Crippen molar-refractivity contribution in [2.45, 2.75) is 0 Å². The molecule has 0 spiro atoms. The molecule has 0 radical (unpaired) electrons. The second-order valence-corrected chi connectivity index (χ2v) is 19.6. The maximum atomic E-state index is 2.76. The molecular weight excluding hydrogens is 410 g/mol. The van der Waals surface area contributed by atoms with E-state index in [0.29, 0.717) is 0 Å². The zero-order valence-electron chi connectivity index (χ0n) is 9.75. The van der Waals surface area contributed by atoms with Gasteiger partial charge >= 0.3 is 133 Å². The first kappa shape index (κ1) is 13.3. The zero-order chi connectivity index (χ0) is 12.7. The Balaban J connectivity index is 2.34. The van der Waals surface area contributed by atoms with Crippen LogP contribution < -0.4 is 13.9 Å². The first-order valence-electron chi connectivity index (χ1n) is 5.47. The topological polar surface area (TPSA) is 0 Å². The van der Waals surface area contributed by atoms with E-state index in [4.69, 9.17) is 0 Å². The molecule has 0 N–H and O–H groups in total. The molecule has 0 saturated heterocycles. The van der Waals surface area contributed by atoms with E-state index in [1.54, 1.807) is 0 Å². The average Bonchev–Trinajstić information content (AvgIpc) is 3.13. The van der Waals surface area contributed by atoms with Gasteiger partial charge in [-0.2, -0.15) is 0 Å². The molecule has 94 valence electrons. The van der Waals surface area contributed by atoms with Gasteiger partial charge in [-0.05, 0) is 0 Å². The molecule has 5 heteroatoms. The minimum atomic E-state index is -2.19. The van der Waals surface area contributed by atoms with Crippen molar-refractivity contribution < 1.29 is 0 Å². The summed E-state index contributed by atoms with van der Waals surface area (Å²) >= 11 is 8.43.